The second-order valence-electron chi connectivity index (χ2n) is 3.02. The van der Waals surface area contributed by atoms with Gasteiger partial charge < -0.3 is 0 Å². The quantitative estimate of drug-likeness (QED) is 0.507. The van der Waals surface area contributed by atoms with Gasteiger partial charge in [0.1, 0.15) is 10.5 Å². The zero-order chi connectivity index (χ0) is 13.4. The van der Waals surface area contributed by atoms with Gasteiger partial charge in [-0.15, -0.1) is 0 Å². The minimum Gasteiger partial charge on any atom is -0.286 e. The summed E-state index contributed by atoms with van der Waals surface area (Å²) in [5.41, 5.74) is 0. The van der Waals surface area contributed by atoms with Crippen LogP contribution in [-0.2, 0) is 30.4 Å². The predicted molar refractivity (Wildman–Crippen MR) is 52.8 cm³/mol. The van der Waals surface area contributed by atoms with Gasteiger partial charge in [0.05, 0.1) is 5.75 Å². The third-order valence-corrected chi connectivity index (χ3v) is 5.52. The van der Waals surface area contributed by atoms with Gasteiger partial charge in [-0.1, -0.05) is 0 Å². The smallest absolute Gasteiger partial charge is 0.270 e. The molecule has 0 rings (SSSR count). The molecule has 12 heteroatoms. The monoisotopic (exact) mass is 298 g/mol. The van der Waals surface area contributed by atoms with E-state index in [9.17, 15) is 25.3 Å². The van der Waals surface area contributed by atoms with Crippen LogP contribution >= 0.6 is 0 Å². The summed E-state index contributed by atoms with van der Waals surface area (Å²) in [4.78, 5) is 0. The van der Waals surface area contributed by atoms with Gasteiger partial charge in [-0.2, -0.15) is 25.3 Å². The molecule has 0 aliphatic rings. The minimum atomic E-state index is -5.06. The van der Waals surface area contributed by atoms with E-state index in [2.05, 4.69) is 0 Å². The lowest BCUT2D eigenvalue weighted by molar-refractivity contribution is 0.440. The van der Waals surface area contributed by atoms with Gasteiger partial charge in [0.25, 0.3) is 30.4 Å². The first-order valence-electron chi connectivity index (χ1n) is 3.63. The van der Waals surface area contributed by atoms with Gasteiger partial charge >= 0.3 is 0 Å². The Morgan fingerprint density at radius 2 is 1.25 bits per heavy atom. The molecule has 0 heterocycles. The average Bonchev–Trinajstić information content (AvgIpc) is 1.93. The predicted octanol–water partition coefficient (Wildman–Crippen LogP) is -1.59. The molecule has 0 aliphatic carbocycles. The van der Waals surface area contributed by atoms with Crippen LogP contribution in [0.15, 0.2) is 0 Å². The normalized spacial score (nSPS) is 18.0. The van der Waals surface area contributed by atoms with Gasteiger partial charge in [0, 0.05) is 0 Å². The molecular formula is C4H10O9S3. The standard InChI is InChI=1S/C4H10O9S3/c1-3(15(8,9)10)4(16(11,12)13)2-14(5,6)7/h3-4H,2H2,1H3,(H,5,6,7)(H,8,9,10)(H,11,12,13). The largest absolute Gasteiger partial charge is 0.286 e. The first-order valence-corrected chi connectivity index (χ1v) is 8.24. The van der Waals surface area contributed by atoms with Crippen LogP contribution in [0.4, 0.5) is 0 Å². The lowest BCUT2D eigenvalue weighted by Gasteiger charge is -2.17. The maximum absolute atomic E-state index is 10.7. The molecule has 3 N–H and O–H groups in total. The molecule has 0 amide bonds. The van der Waals surface area contributed by atoms with E-state index in [1.165, 1.54) is 0 Å². The third kappa shape index (κ3) is 5.18. The van der Waals surface area contributed by atoms with Gasteiger partial charge in [-0.25, -0.2) is 0 Å². The molecule has 16 heavy (non-hydrogen) atoms. The molecule has 0 aromatic heterocycles. The van der Waals surface area contributed by atoms with Crippen molar-refractivity contribution in [2.75, 3.05) is 5.75 Å². The van der Waals surface area contributed by atoms with E-state index in [0.717, 1.165) is 0 Å². The van der Waals surface area contributed by atoms with Crippen molar-refractivity contribution in [1.29, 1.82) is 0 Å². The molecule has 0 aromatic carbocycles. The van der Waals surface area contributed by atoms with Crippen molar-refractivity contribution in [3.63, 3.8) is 0 Å². The second kappa shape index (κ2) is 4.54. The van der Waals surface area contributed by atoms with Crippen molar-refractivity contribution >= 4 is 30.4 Å². The summed E-state index contributed by atoms with van der Waals surface area (Å²) in [6.45, 7) is 0.680. The molecule has 0 saturated carbocycles. The molecule has 0 aliphatic heterocycles. The third-order valence-electron chi connectivity index (χ3n) is 1.75. The van der Waals surface area contributed by atoms with E-state index in [1.807, 2.05) is 0 Å². The van der Waals surface area contributed by atoms with E-state index >= 15 is 0 Å². The molecule has 0 bridgehead atoms. The molecule has 2 unspecified atom stereocenters. The number of rotatable bonds is 5. The Bertz CT molecular complexity index is 538. The summed E-state index contributed by atoms with van der Waals surface area (Å²) in [6.07, 6.45) is 0. The first kappa shape index (κ1) is 15.7. The van der Waals surface area contributed by atoms with Crippen molar-refractivity contribution in [1.82, 2.24) is 0 Å². The molecule has 0 aromatic rings. The van der Waals surface area contributed by atoms with Crippen LogP contribution in [0.5, 0.6) is 0 Å². The Labute approximate surface area is 92.7 Å². The highest BCUT2D eigenvalue weighted by molar-refractivity contribution is 7.92. The maximum Gasteiger partial charge on any atom is 0.270 e. The van der Waals surface area contributed by atoms with Gasteiger partial charge in [0.15, 0.2) is 0 Å². The van der Waals surface area contributed by atoms with Crippen LogP contribution in [0, 0.1) is 0 Å². The van der Waals surface area contributed by atoms with Crippen molar-refractivity contribution in [2.24, 2.45) is 0 Å². The SMILES string of the molecule is CC(C(CS(=O)(=O)O)S(=O)(=O)O)S(=O)(=O)O. The van der Waals surface area contributed by atoms with Crippen molar-refractivity contribution in [2.45, 2.75) is 17.4 Å². The Kier molecular flexibility index (Phi) is 4.46. The summed E-state index contributed by atoms with van der Waals surface area (Å²) in [5.74, 6) is -1.53. The van der Waals surface area contributed by atoms with E-state index in [1.54, 1.807) is 0 Å². The molecule has 98 valence electrons. The molecular weight excluding hydrogens is 288 g/mol. The Balaban J connectivity index is 5.48. The van der Waals surface area contributed by atoms with Crippen LogP contribution in [0.2, 0.25) is 0 Å². The maximum atomic E-state index is 10.7. The molecule has 0 saturated heterocycles. The summed E-state index contributed by atoms with van der Waals surface area (Å²) in [6, 6.07) is 0. The first-order chi connectivity index (χ1) is 6.75. The molecule has 0 spiro atoms. The Morgan fingerprint density at radius 3 is 1.44 bits per heavy atom. The molecule has 0 radical (unpaired) electrons. The van der Waals surface area contributed by atoms with Gasteiger partial charge in [-0.3, -0.25) is 13.7 Å². The van der Waals surface area contributed by atoms with Gasteiger partial charge in [0.2, 0.25) is 0 Å². The van der Waals surface area contributed by atoms with E-state index in [0.29, 0.717) is 6.92 Å². The average molecular weight is 298 g/mol. The second-order valence-corrected chi connectivity index (χ2v) is 7.93. The van der Waals surface area contributed by atoms with Crippen LogP contribution < -0.4 is 0 Å². The van der Waals surface area contributed by atoms with Crippen LogP contribution in [-0.4, -0.2) is 55.2 Å². The fourth-order valence-electron chi connectivity index (χ4n) is 0.863. The Morgan fingerprint density at radius 1 is 0.875 bits per heavy atom. The lowest BCUT2D eigenvalue weighted by atomic mass is 10.4. The van der Waals surface area contributed by atoms with E-state index in [-0.39, 0.29) is 0 Å². The molecule has 0 fully saturated rings. The molecule has 9 nitrogen and oxygen atoms in total. The zero-order valence-corrected chi connectivity index (χ0v) is 10.3. The van der Waals surface area contributed by atoms with Crippen LogP contribution in [0.3, 0.4) is 0 Å². The van der Waals surface area contributed by atoms with Crippen molar-refractivity contribution < 1.29 is 38.9 Å². The van der Waals surface area contributed by atoms with E-state index < -0.39 is 46.6 Å². The van der Waals surface area contributed by atoms with Crippen LogP contribution in [0.1, 0.15) is 6.92 Å². The zero-order valence-electron chi connectivity index (χ0n) is 7.88. The number of hydrogen-bond acceptors (Lipinski definition) is 6. The highest BCUT2D eigenvalue weighted by Crippen LogP contribution is 2.14. The highest BCUT2D eigenvalue weighted by Gasteiger charge is 2.39. The van der Waals surface area contributed by atoms with Crippen molar-refractivity contribution in [3.05, 3.63) is 0 Å². The summed E-state index contributed by atoms with van der Waals surface area (Å²) in [7, 11) is -14.8. The summed E-state index contributed by atoms with van der Waals surface area (Å²) >= 11 is 0. The van der Waals surface area contributed by atoms with Crippen molar-refractivity contribution in [3.8, 4) is 0 Å². The van der Waals surface area contributed by atoms with Gasteiger partial charge in [-0.05, 0) is 6.92 Å². The highest BCUT2D eigenvalue weighted by atomic mass is 32.2. The fraction of sp³-hybridized carbons (Fsp3) is 1.00. The fourth-order valence-corrected chi connectivity index (χ4v) is 4.70. The molecule has 2 atom stereocenters. The van der Waals surface area contributed by atoms with Crippen LogP contribution in [0.25, 0.3) is 0 Å². The topological polar surface area (TPSA) is 163 Å². The van der Waals surface area contributed by atoms with E-state index in [4.69, 9.17) is 13.7 Å². The summed E-state index contributed by atoms with van der Waals surface area (Å²) in [5, 5.41) is -4.46. The summed E-state index contributed by atoms with van der Waals surface area (Å²) < 4.78 is 89.0. The Hall–Kier alpha value is -0.270. The number of hydrogen-bond donors (Lipinski definition) is 3. The lowest BCUT2D eigenvalue weighted by Crippen LogP contribution is -2.42. The minimum absolute atomic E-state index is 0.680.